The van der Waals surface area contributed by atoms with Gasteiger partial charge in [0.1, 0.15) is 0 Å². The first-order chi connectivity index (χ1) is 11.7. The first kappa shape index (κ1) is 12.1. The minimum atomic E-state index is -2.26. The molecule has 3 atom stereocenters. The Labute approximate surface area is 140 Å². The van der Waals surface area contributed by atoms with E-state index in [9.17, 15) is 4.79 Å². The molecule has 1 saturated carbocycles. The number of likely N-dealkylation sites (N-methyl/N-ethyl adjacent to an activating group) is 1. The molecule has 1 amide bonds. The molecule has 3 heteroatoms. The highest BCUT2D eigenvalue weighted by molar-refractivity contribution is 5.92. The van der Waals surface area contributed by atoms with Crippen molar-refractivity contribution in [3.8, 4) is 0 Å². The lowest BCUT2D eigenvalue weighted by atomic mass is 9.87. The lowest BCUT2D eigenvalue weighted by molar-refractivity contribution is -0.136. The van der Waals surface area contributed by atoms with Gasteiger partial charge in [0.05, 0.1) is 5.41 Å². The highest BCUT2D eigenvalue weighted by atomic mass is 16.2. The molecule has 2 rings (SSSR count). The van der Waals surface area contributed by atoms with E-state index in [1.807, 2.05) is 40.7 Å². The molecule has 122 valence electrons. The van der Waals surface area contributed by atoms with E-state index in [0.29, 0.717) is 12.1 Å². The van der Waals surface area contributed by atoms with Gasteiger partial charge in [-0.05, 0) is 70.5 Å². The number of aryl methyl sites for hydroxylation is 2. The van der Waals surface area contributed by atoms with E-state index < -0.39 is 29.6 Å². The maximum Gasteiger partial charge on any atom is 0.233 e. The minimum Gasteiger partial charge on any atom is -0.340 e. The van der Waals surface area contributed by atoms with Crippen molar-refractivity contribution < 1.29 is 10.3 Å². The van der Waals surface area contributed by atoms with Gasteiger partial charge in [-0.15, -0.1) is 0 Å². The van der Waals surface area contributed by atoms with Crippen molar-refractivity contribution in [3.63, 3.8) is 0 Å². The largest absolute Gasteiger partial charge is 0.340 e. The Morgan fingerprint density at radius 3 is 2.55 bits per heavy atom. The average molecular weight is 306 g/mol. The third-order valence-electron chi connectivity index (χ3n) is 4.50. The molecular weight excluding hydrogens is 272 g/mol. The second kappa shape index (κ2) is 6.04. The fourth-order valence-corrected chi connectivity index (χ4v) is 2.98. The molecule has 0 radical (unpaired) electrons. The number of carbonyl (C=O) groups excluding carboxylic acids is 1. The minimum absolute atomic E-state index is 0.147. The zero-order chi connectivity index (χ0) is 20.3. The Kier molecular flexibility index (Phi) is 3.33. The quantitative estimate of drug-likeness (QED) is 0.908. The normalized spacial score (nSPS) is 34.9. The molecule has 0 bridgehead atoms. The summed E-state index contributed by atoms with van der Waals surface area (Å²) in [5.74, 6) is -2.56. The van der Waals surface area contributed by atoms with Crippen molar-refractivity contribution in [1.29, 1.82) is 0 Å². The third-order valence-corrected chi connectivity index (χ3v) is 4.50. The lowest BCUT2D eigenvalue weighted by Gasteiger charge is -2.31. The summed E-state index contributed by atoms with van der Waals surface area (Å²) in [5, 5.41) is 0. The Morgan fingerprint density at radius 1 is 1.50 bits per heavy atom. The second-order valence-electron chi connectivity index (χ2n) is 6.42. The number of nitrogens with two attached hydrogens (primary N) is 1. The summed E-state index contributed by atoms with van der Waals surface area (Å²) in [7, 11) is 0. The molecule has 1 fully saturated rings. The number of hydrogen-bond donors (Lipinski definition) is 1. The summed E-state index contributed by atoms with van der Waals surface area (Å²) in [6.45, 7) is 11.1. The number of amides is 1. The lowest BCUT2D eigenvalue weighted by Crippen LogP contribution is -2.45. The van der Waals surface area contributed by atoms with Crippen molar-refractivity contribution in [2.24, 2.45) is 11.6 Å². The molecule has 22 heavy (non-hydrogen) atoms. The molecule has 0 aromatic heterocycles. The highest BCUT2D eigenvalue weighted by Crippen LogP contribution is 2.57. The van der Waals surface area contributed by atoms with Gasteiger partial charge < -0.3 is 10.6 Å². The van der Waals surface area contributed by atoms with Crippen molar-refractivity contribution in [1.82, 2.24) is 4.90 Å². The van der Waals surface area contributed by atoms with Crippen LogP contribution in [0.1, 0.15) is 56.2 Å². The Bertz CT molecular complexity index is 729. The van der Waals surface area contributed by atoms with Gasteiger partial charge in [0.25, 0.3) is 0 Å². The van der Waals surface area contributed by atoms with Gasteiger partial charge in [-0.25, -0.2) is 0 Å². The monoisotopic (exact) mass is 306 g/mol. The van der Waals surface area contributed by atoms with Crippen molar-refractivity contribution in [2.45, 2.75) is 65.4 Å². The Hall–Kier alpha value is -1.35. The van der Waals surface area contributed by atoms with E-state index in [4.69, 9.17) is 11.2 Å². The van der Waals surface area contributed by atoms with E-state index in [0.717, 1.165) is 11.1 Å². The van der Waals surface area contributed by atoms with Crippen LogP contribution in [0.4, 0.5) is 0 Å². The van der Waals surface area contributed by atoms with Gasteiger partial charge in [-0.3, -0.25) is 4.79 Å². The van der Waals surface area contributed by atoms with Gasteiger partial charge in [-0.1, -0.05) is 18.2 Å². The number of nitrogens with zero attached hydrogens (tertiary/aromatic N) is 1. The van der Waals surface area contributed by atoms with Crippen LogP contribution in [0.2, 0.25) is 0 Å². The highest BCUT2D eigenvalue weighted by Gasteiger charge is 2.63. The zero-order valence-electron chi connectivity index (χ0n) is 18.4. The Balaban J connectivity index is 2.81. The fraction of sp³-hybridized carbons (Fsp3) is 0.632. The maximum atomic E-state index is 13.6. The van der Waals surface area contributed by atoms with Gasteiger partial charge in [-0.2, -0.15) is 0 Å². The SMILES string of the molecule is [2H]C(C)(N)[C@@]1([2H])C([2H])([2H])[C@]1(C(=O)N(CC)C(C)C)c1ccc(C)c(C)c1. The van der Waals surface area contributed by atoms with Crippen LogP contribution in [0.5, 0.6) is 0 Å². The van der Waals surface area contributed by atoms with Gasteiger partial charge in [0, 0.05) is 24.1 Å². The van der Waals surface area contributed by atoms with Crippen LogP contribution in [-0.4, -0.2) is 29.4 Å². The van der Waals surface area contributed by atoms with E-state index in [-0.39, 0.29) is 6.04 Å². The molecule has 1 aliphatic rings. The first-order valence-electron chi connectivity index (χ1n) is 9.89. The van der Waals surface area contributed by atoms with Crippen LogP contribution in [0, 0.1) is 19.7 Å². The smallest absolute Gasteiger partial charge is 0.233 e. The van der Waals surface area contributed by atoms with Crippen molar-refractivity contribution in [3.05, 3.63) is 34.9 Å². The van der Waals surface area contributed by atoms with Crippen LogP contribution in [0.15, 0.2) is 18.2 Å². The summed E-state index contributed by atoms with van der Waals surface area (Å²) in [5.41, 5.74) is 6.51. The summed E-state index contributed by atoms with van der Waals surface area (Å²) in [4.78, 5) is 15.2. The molecule has 3 nitrogen and oxygen atoms in total. The summed E-state index contributed by atoms with van der Waals surface area (Å²) >= 11 is 0. The predicted molar refractivity (Wildman–Crippen MR) is 91.9 cm³/mol. The van der Waals surface area contributed by atoms with Gasteiger partial charge >= 0.3 is 0 Å². The van der Waals surface area contributed by atoms with E-state index in [2.05, 4.69) is 0 Å². The third kappa shape index (κ3) is 2.67. The number of hydrogen-bond acceptors (Lipinski definition) is 2. The van der Waals surface area contributed by atoms with Crippen LogP contribution in [-0.2, 0) is 10.2 Å². The molecule has 0 aliphatic heterocycles. The van der Waals surface area contributed by atoms with Crippen LogP contribution in [0.3, 0.4) is 0 Å². The molecule has 1 aliphatic carbocycles. The van der Waals surface area contributed by atoms with E-state index >= 15 is 0 Å². The number of benzene rings is 1. The van der Waals surface area contributed by atoms with Crippen LogP contribution < -0.4 is 5.73 Å². The molecule has 2 N–H and O–H groups in total. The molecule has 0 saturated heterocycles. The molecule has 1 aromatic rings. The van der Waals surface area contributed by atoms with Crippen LogP contribution in [0.25, 0.3) is 0 Å². The first-order valence-corrected chi connectivity index (χ1v) is 7.89. The molecular formula is C19H30N2O. The van der Waals surface area contributed by atoms with Crippen molar-refractivity contribution >= 4 is 5.91 Å². The predicted octanol–water partition coefficient (Wildman–Crippen LogP) is 3.17. The summed E-state index contributed by atoms with van der Waals surface area (Å²) in [6, 6.07) is 3.21. The molecule has 1 unspecified atom stereocenters. The maximum absolute atomic E-state index is 13.6. The number of carbonyl (C=O) groups is 1. The summed E-state index contributed by atoms with van der Waals surface area (Å²) in [6.07, 6.45) is -2.26. The average Bonchev–Trinajstić information content (AvgIpc) is 2.92. The summed E-state index contributed by atoms with van der Waals surface area (Å²) < 4.78 is 34.3. The van der Waals surface area contributed by atoms with E-state index in [1.54, 1.807) is 17.0 Å². The second-order valence-corrected chi connectivity index (χ2v) is 6.42. The number of rotatable bonds is 5. The van der Waals surface area contributed by atoms with Gasteiger partial charge in [0.15, 0.2) is 0 Å². The zero-order valence-corrected chi connectivity index (χ0v) is 14.4. The molecule has 1 aromatic carbocycles. The van der Waals surface area contributed by atoms with Gasteiger partial charge in [0.2, 0.25) is 5.91 Å². The van der Waals surface area contributed by atoms with Crippen molar-refractivity contribution in [2.75, 3.05) is 6.54 Å². The Morgan fingerprint density at radius 2 is 2.14 bits per heavy atom. The van der Waals surface area contributed by atoms with Crippen LogP contribution >= 0.6 is 0 Å². The molecule has 0 spiro atoms. The standard InChI is InChI=1S/C19H30N2O/c1-7-21(12(2)3)18(22)19(11-17(19)15(6)20)16-9-8-13(4)14(5)10-16/h8-10,12,15,17H,7,11,20H2,1-6H3/t15?,17-,19+/m1/s1/i11D2,15D,17D. The molecule has 0 heterocycles. The van der Waals surface area contributed by atoms with E-state index in [1.165, 1.54) is 6.92 Å². The fourth-order valence-electron chi connectivity index (χ4n) is 2.98. The topological polar surface area (TPSA) is 46.3 Å².